The fourth-order valence-electron chi connectivity index (χ4n) is 4.79. The molecule has 1 saturated heterocycles. The van der Waals surface area contributed by atoms with Gasteiger partial charge in [-0.2, -0.15) is 0 Å². The molecule has 0 bridgehead atoms. The summed E-state index contributed by atoms with van der Waals surface area (Å²) in [5.41, 5.74) is 6.11. The van der Waals surface area contributed by atoms with Gasteiger partial charge in [-0.3, -0.25) is 4.79 Å². The number of nitrogens with zero attached hydrogens (tertiary/aromatic N) is 4. The molecule has 1 aromatic heterocycles. The summed E-state index contributed by atoms with van der Waals surface area (Å²) < 4.78 is 16.7. The summed E-state index contributed by atoms with van der Waals surface area (Å²) in [6, 6.07) is 6.87. The third-order valence-corrected chi connectivity index (χ3v) is 6.35. The number of aromatic nitrogens is 4. The maximum atomic E-state index is 14.8. The monoisotopic (exact) mass is 387 g/mol. The number of halogens is 1. The minimum Gasteiger partial charge on any atom is -0.369 e. The van der Waals surface area contributed by atoms with Crippen molar-refractivity contribution in [2.24, 2.45) is 11.7 Å². The SMILES string of the molecule is NC(=O)C1CC[NH+]([C@H](c2ccccc2F)c2nnnn2C2CCCCC2)CC1. The lowest BCUT2D eigenvalue weighted by Crippen LogP contribution is -3.13. The topological polar surface area (TPSA) is 91.1 Å². The van der Waals surface area contributed by atoms with Crippen molar-refractivity contribution < 1.29 is 14.1 Å². The van der Waals surface area contributed by atoms with E-state index in [1.54, 1.807) is 6.07 Å². The number of carbonyl (C=O) groups excluding carboxylic acids is 1. The van der Waals surface area contributed by atoms with Crippen molar-refractivity contribution in [3.8, 4) is 0 Å². The fraction of sp³-hybridized carbons (Fsp3) is 0.600. The van der Waals surface area contributed by atoms with Gasteiger partial charge >= 0.3 is 0 Å². The molecule has 0 radical (unpaired) electrons. The average molecular weight is 387 g/mol. The van der Waals surface area contributed by atoms with Gasteiger partial charge in [0.2, 0.25) is 11.7 Å². The largest absolute Gasteiger partial charge is 0.369 e. The average Bonchev–Trinajstić information content (AvgIpc) is 3.20. The van der Waals surface area contributed by atoms with Crippen LogP contribution in [0.5, 0.6) is 0 Å². The summed E-state index contributed by atoms with van der Waals surface area (Å²) in [5.74, 6) is 0.146. The second kappa shape index (κ2) is 8.34. The summed E-state index contributed by atoms with van der Waals surface area (Å²) in [7, 11) is 0. The first-order chi connectivity index (χ1) is 13.6. The van der Waals surface area contributed by atoms with Gasteiger partial charge in [-0.1, -0.05) is 31.4 Å². The molecule has 1 atom stereocenters. The molecule has 28 heavy (non-hydrogen) atoms. The molecule has 8 heteroatoms. The summed E-state index contributed by atoms with van der Waals surface area (Å²) >= 11 is 0. The van der Waals surface area contributed by atoms with Crippen molar-refractivity contribution in [1.29, 1.82) is 0 Å². The maximum Gasteiger partial charge on any atom is 0.220 e. The number of benzene rings is 1. The minimum absolute atomic E-state index is 0.0978. The Kier molecular flexibility index (Phi) is 5.66. The Bertz CT molecular complexity index is 811. The van der Waals surface area contributed by atoms with E-state index in [-0.39, 0.29) is 29.7 Å². The number of carbonyl (C=O) groups is 1. The van der Waals surface area contributed by atoms with E-state index >= 15 is 0 Å². The van der Waals surface area contributed by atoms with Crippen LogP contribution < -0.4 is 10.6 Å². The van der Waals surface area contributed by atoms with Crippen molar-refractivity contribution >= 4 is 5.91 Å². The summed E-state index contributed by atoms with van der Waals surface area (Å²) in [6.07, 6.45) is 7.12. The lowest BCUT2D eigenvalue weighted by Gasteiger charge is -2.34. The summed E-state index contributed by atoms with van der Waals surface area (Å²) in [6.45, 7) is 1.48. The first-order valence-corrected chi connectivity index (χ1v) is 10.3. The van der Waals surface area contributed by atoms with Crippen molar-refractivity contribution in [1.82, 2.24) is 20.2 Å². The predicted molar refractivity (Wildman–Crippen MR) is 101 cm³/mol. The first kappa shape index (κ1) is 19.0. The number of primary amides is 1. The van der Waals surface area contributed by atoms with Gasteiger partial charge in [0.15, 0.2) is 6.04 Å². The lowest BCUT2D eigenvalue weighted by atomic mass is 9.92. The van der Waals surface area contributed by atoms with Crippen LogP contribution in [-0.4, -0.2) is 39.2 Å². The van der Waals surface area contributed by atoms with Crippen molar-refractivity contribution in [2.75, 3.05) is 13.1 Å². The lowest BCUT2D eigenvalue weighted by molar-refractivity contribution is -0.932. The van der Waals surface area contributed by atoms with Gasteiger partial charge in [0.05, 0.1) is 24.7 Å². The minimum atomic E-state index is -0.285. The number of nitrogens with one attached hydrogen (secondary N) is 1. The Morgan fingerprint density at radius 1 is 1.14 bits per heavy atom. The number of quaternary nitrogens is 1. The Morgan fingerprint density at radius 3 is 2.54 bits per heavy atom. The molecule has 1 aliphatic carbocycles. The number of piperidine rings is 1. The highest BCUT2D eigenvalue weighted by molar-refractivity contribution is 5.76. The number of hydrogen-bond acceptors (Lipinski definition) is 4. The van der Waals surface area contributed by atoms with Gasteiger partial charge in [-0.15, -0.1) is 5.10 Å². The molecule has 1 aliphatic heterocycles. The highest BCUT2D eigenvalue weighted by Gasteiger charge is 2.38. The quantitative estimate of drug-likeness (QED) is 0.806. The second-order valence-electron chi connectivity index (χ2n) is 8.06. The number of amides is 1. The number of tetrazole rings is 1. The molecular formula is C20H28FN6O+. The van der Waals surface area contributed by atoms with E-state index in [2.05, 4.69) is 15.5 Å². The molecule has 3 N–H and O–H groups in total. The van der Waals surface area contributed by atoms with E-state index in [1.807, 2.05) is 16.8 Å². The van der Waals surface area contributed by atoms with Crippen LogP contribution in [0.15, 0.2) is 24.3 Å². The van der Waals surface area contributed by atoms with Crippen LogP contribution in [0.1, 0.15) is 68.4 Å². The third kappa shape index (κ3) is 3.78. The van der Waals surface area contributed by atoms with E-state index < -0.39 is 0 Å². The zero-order valence-corrected chi connectivity index (χ0v) is 16.1. The standard InChI is InChI=1S/C20H27FN6O/c21-17-9-5-4-8-16(17)18(26-12-10-14(11-13-26)19(22)28)20-23-24-25-27(20)15-6-2-1-3-7-15/h4-5,8-9,14-15,18H,1-3,6-7,10-13H2,(H2,22,28)/p+1/t18-/m1/s1. The Labute approximate surface area is 164 Å². The van der Waals surface area contributed by atoms with E-state index in [1.165, 1.54) is 30.2 Å². The van der Waals surface area contributed by atoms with Crippen LogP contribution in [0.2, 0.25) is 0 Å². The van der Waals surface area contributed by atoms with Crippen molar-refractivity contribution in [3.63, 3.8) is 0 Å². The fourth-order valence-corrected chi connectivity index (χ4v) is 4.79. The first-order valence-electron chi connectivity index (χ1n) is 10.3. The smallest absolute Gasteiger partial charge is 0.220 e. The molecule has 150 valence electrons. The molecular weight excluding hydrogens is 359 g/mol. The molecule has 2 aromatic rings. The van der Waals surface area contributed by atoms with E-state index in [4.69, 9.17) is 5.73 Å². The summed E-state index contributed by atoms with van der Waals surface area (Å²) in [5, 5.41) is 12.6. The molecule has 2 aliphatic rings. The molecule has 7 nitrogen and oxygen atoms in total. The van der Waals surface area contributed by atoms with Gasteiger partial charge in [0.25, 0.3) is 0 Å². The van der Waals surface area contributed by atoms with E-state index in [0.29, 0.717) is 18.4 Å². The zero-order chi connectivity index (χ0) is 19.5. The molecule has 4 rings (SSSR count). The van der Waals surface area contributed by atoms with Gasteiger partial charge in [-0.05, 0) is 35.4 Å². The molecule has 0 spiro atoms. The van der Waals surface area contributed by atoms with E-state index in [9.17, 15) is 9.18 Å². The highest BCUT2D eigenvalue weighted by atomic mass is 19.1. The van der Waals surface area contributed by atoms with E-state index in [0.717, 1.165) is 31.8 Å². The normalized spacial score (nSPS) is 24.8. The highest BCUT2D eigenvalue weighted by Crippen LogP contribution is 2.30. The Morgan fingerprint density at radius 2 is 1.86 bits per heavy atom. The molecule has 1 aromatic carbocycles. The van der Waals surface area contributed by atoms with Gasteiger partial charge in [0, 0.05) is 18.8 Å². The molecule has 1 saturated carbocycles. The van der Waals surface area contributed by atoms with Gasteiger partial charge in [0.1, 0.15) is 5.82 Å². The predicted octanol–water partition coefficient (Wildman–Crippen LogP) is 1.19. The number of rotatable bonds is 5. The summed E-state index contributed by atoms with van der Waals surface area (Å²) in [4.78, 5) is 12.8. The third-order valence-electron chi connectivity index (χ3n) is 6.35. The van der Waals surface area contributed by atoms with Gasteiger partial charge < -0.3 is 10.6 Å². The molecule has 2 heterocycles. The van der Waals surface area contributed by atoms with Crippen LogP contribution in [0, 0.1) is 11.7 Å². The number of likely N-dealkylation sites (tertiary alicyclic amines) is 1. The maximum absolute atomic E-state index is 14.8. The molecule has 2 fully saturated rings. The van der Waals surface area contributed by atoms with Crippen LogP contribution in [-0.2, 0) is 4.79 Å². The molecule has 0 unspecified atom stereocenters. The second-order valence-corrected chi connectivity index (χ2v) is 8.06. The Balaban J connectivity index is 1.68. The van der Waals surface area contributed by atoms with Gasteiger partial charge in [-0.25, -0.2) is 9.07 Å². The molecule has 1 amide bonds. The number of hydrogen-bond donors (Lipinski definition) is 2. The van der Waals surface area contributed by atoms with Crippen molar-refractivity contribution in [2.45, 2.75) is 57.0 Å². The van der Waals surface area contributed by atoms with Crippen LogP contribution in [0.4, 0.5) is 4.39 Å². The van der Waals surface area contributed by atoms with Crippen LogP contribution in [0.3, 0.4) is 0 Å². The zero-order valence-electron chi connectivity index (χ0n) is 16.1. The van der Waals surface area contributed by atoms with Crippen LogP contribution >= 0.6 is 0 Å². The van der Waals surface area contributed by atoms with Crippen molar-refractivity contribution in [3.05, 3.63) is 41.5 Å². The Hall–Kier alpha value is -2.35. The van der Waals surface area contributed by atoms with Crippen LogP contribution in [0.25, 0.3) is 0 Å². The number of nitrogens with two attached hydrogens (primary N) is 1.